The van der Waals surface area contributed by atoms with Crippen LogP contribution in [0, 0.1) is 11.8 Å². The van der Waals surface area contributed by atoms with E-state index < -0.39 is 24.3 Å². The van der Waals surface area contributed by atoms with Crippen LogP contribution in [0.15, 0.2) is 96.3 Å². The summed E-state index contributed by atoms with van der Waals surface area (Å²) in [5.41, 5.74) is 7.77. The van der Waals surface area contributed by atoms with Gasteiger partial charge in [0, 0.05) is 43.9 Å². The topological polar surface area (TPSA) is 168 Å². The van der Waals surface area contributed by atoms with Gasteiger partial charge in [0.2, 0.25) is 5.91 Å². The number of ether oxygens (including phenoxy) is 3. The van der Waals surface area contributed by atoms with Crippen molar-refractivity contribution in [2.75, 3.05) is 27.4 Å². The highest BCUT2D eigenvalue weighted by atomic mass is 16.6. The Morgan fingerprint density at radius 1 is 0.810 bits per heavy atom. The molecular weight excluding hydrogens is 799 g/mol. The summed E-state index contributed by atoms with van der Waals surface area (Å²) in [5, 5.41) is 5.59. The fourth-order valence-corrected chi connectivity index (χ4v) is 9.11. The van der Waals surface area contributed by atoms with Crippen molar-refractivity contribution < 1.29 is 33.4 Å². The third-order valence-electron chi connectivity index (χ3n) is 12.7. The highest BCUT2D eigenvalue weighted by molar-refractivity contribution is 6.04. The fraction of sp³-hybridized carbons (Fsp3) is 0.429. The molecule has 2 saturated heterocycles. The molecule has 63 heavy (non-hydrogen) atoms. The van der Waals surface area contributed by atoms with Crippen LogP contribution in [-0.2, 0) is 23.8 Å². The van der Waals surface area contributed by atoms with Crippen LogP contribution in [0.2, 0.25) is 0 Å². The molecule has 14 heteroatoms. The molecule has 0 spiro atoms. The van der Waals surface area contributed by atoms with E-state index in [1.54, 1.807) is 18.2 Å². The molecular formula is C49H57N7O7. The first-order chi connectivity index (χ1) is 30.5. The molecule has 330 valence electrons. The number of nitrogens with zero attached hydrogens (tertiary/aromatic N) is 4. The fourth-order valence-electron chi connectivity index (χ4n) is 9.11. The minimum absolute atomic E-state index is 0.00858. The molecule has 0 bridgehead atoms. The Hall–Kier alpha value is -6.28. The first-order valence-electron chi connectivity index (χ1n) is 22.0. The lowest BCUT2D eigenvalue weighted by molar-refractivity contribution is -0.136. The summed E-state index contributed by atoms with van der Waals surface area (Å²) >= 11 is 0. The summed E-state index contributed by atoms with van der Waals surface area (Å²) in [7, 11) is 2.95. The predicted octanol–water partition coefficient (Wildman–Crippen LogP) is 7.86. The van der Waals surface area contributed by atoms with Crippen LogP contribution in [0.4, 0.5) is 9.59 Å². The Bertz CT molecular complexity index is 2340. The molecule has 3 aromatic carbocycles. The minimum Gasteiger partial charge on any atom is -0.453 e. The van der Waals surface area contributed by atoms with Crippen LogP contribution >= 0.6 is 0 Å². The number of nitrogens with one attached hydrogen (secondary N) is 3. The average molecular weight is 856 g/mol. The largest absolute Gasteiger partial charge is 0.453 e. The monoisotopic (exact) mass is 855 g/mol. The van der Waals surface area contributed by atoms with E-state index in [1.807, 2.05) is 55.3 Å². The van der Waals surface area contributed by atoms with Crippen LogP contribution in [0.5, 0.6) is 0 Å². The molecule has 3 aliphatic heterocycles. The standard InChI is InChI=1S/C49H57N7O7/c1-29(2)43(53-48(59)62-5)46(57)55-27-31(28-61-4)23-42(55)45-51-26-40(52-45)35-18-16-33(17-19-35)32-12-14-34(15-13-32)37-24-39(50-25-37)41-22-11-30(3)56(41)47(58)44(36-9-7-6-8-10-36)54-49(60)63-38-20-21-38/h6-10,12-19,25-26,29-31,38,41-44H,11,20-24,27-28H2,1-5H3,(H,51,52)(H,53,59)(H,54,60)/t30-,31-,41-,42-,43-,44+/m0/s1. The number of amides is 4. The van der Waals surface area contributed by atoms with Gasteiger partial charge in [0.05, 0.1) is 37.7 Å². The smallest absolute Gasteiger partial charge is 0.408 e. The van der Waals surface area contributed by atoms with Crippen LogP contribution in [0.25, 0.3) is 28.0 Å². The van der Waals surface area contributed by atoms with E-state index in [1.165, 1.54) is 7.11 Å². The lowest BCUT2D eigenvalue weighted by atomic mass is 9.96. The van der Waals surface area contributed by atoms with Crippen LogP contribution < -0.4 is 10.6 Å². The van der Waals surface area contributed by atoms with Crippen LogP contribution in [0.3, 0.4) is 0 Å². The number of imidazole rings is 1. The van der Waals surface area contributed by atoms with Crippen molar-refractivity contribution in [3.63, 3.8) is 0 Å². The first kappa shape index (κ1) is 43.4. The number of methoxy groups -OCH3 is 2. The zero-order valence-electron chi connectivity index (χ0n) is 36.6. The molecule has 3 fully saturated rings. The number of benzene rings is 3. The van der Waals surface area contributed by atoms with E-state index in [-0.39, 0.29) is 47.9 Å². The lowest BCUT2D eigenvalue weighted by Gasteiger charge is -2.32. The molecule has 4 aromatic rings. The van der Waals surface area contributed by atoms with Gasteiger partial charge in [0.1, 0.15) is 24.0 Å². The van der Waals surface area contributed by atoms with Gasteiger partial charge in [-0.15, -0.1) is 0 Å². The minimum atomic E-state index is -0.857. The third kappa shape index (κ3) is 9.70. The van der Waals surface area contributed by atoms with Crippen LogP contribution in [-0.4, -0.2) is 101 Å². The van der Waals surface area contributed by atoms with Crippen molar-refractivity contribution in [1.29, 1.82) is 0 Å². The molecule has 4 aliphatic rings. The van der Waals surface area contributed by atoms with Crippen molar-refractivity contribution in [2.24, 2.45) is 16.8 Å². The van der Waals surface area contributed by atoms with Gasteiger partial charge in [-0.3, -0.25) is 14.6 Å². The number of carbonyl (C=O) groups excluding carboxylic acids is 4. The van der Waals surface area contributed by atoms with E-state index in [0.29, 0.717) is 31.8 Å². The number of hydrogen-bond donors (Lipinski definition) is 3. The van der Waals surface area contributed by atoms with Gasteiger partial charge >= 0.3 is 12.2 Å². The molecule has 1 aliphatic carbocycles. The molecule has 0 radical (unpaired) electrons. The molecule has 3 N–H and O–H groups in total. The van der Waals surface area contributed by atoms with Gasteiger partial charge in [-0.2, -0.15) is 0 Å². The number of allylic oxidation sites excluding steroid dienone is 1. The number of hydrogen-bond acceptors (Lipinski definition) is 9. The number of likely N-dealkylation sites (tertiary alicyclic amines) is 2. The number of H-pyrrole nitrogens is 1. The second-order valence-corrected chi connectivity index (χ2v) is 17.5. The van der Waals surface area contributed by atoms with Crippen molar-refractivity contribution >= 4 is 35.3 Å². The van der Waals surface area contributed by atoms with Gasteiger partial charge in [-0.05, 0) is 78.3 Å². The van der Waals surface area contributed by atoms with Crippen LogP contribution in [0.1, 0.15) is 88.3 Å². The van der Waals surface area contributed by atoms with Crippen molar-refractivity contribution in [1.82, 2.24) is 30.4 Å². The maximum absolute atomic E-state index is 14.3. The Morgan fingerprint density at radius 3 is 2.14 bits per heavy atom. The van der Waals surface area contributed by atoms with E-state index in [4.69, 9.17) is 24.2 Å². The zero-order valence-corrected chi connectivity index (χ0v) is 36.6. The quantitative estimate of drug-likeness (QED) is 0.115. The van der Waals surface area contributed by atoms with Crippen molar-refractivity contribution in [2.45, 2.75) is 95.6 Å². The molecule has 8 rings (SSSR count). The highest BCUT2D eigenvalue weighted by Gasteiger charge is 2.43. The van der Waals surface area contributed by atoms with Gasteiger partial charge in [-0.1, -0.05) is 92.7 Å². The lowest BCUT2D eigenvalue weighted by Crippen LogP contribution is -2.51. The van der Waals surface area contributed by atoms with Crippen molar-refractivity contribution in [3.05, 3.63) is 108 Å². The van der Waals surface area contributed by atoms with Crippen molar-refractivity contribution in [3.8, 4) is 22.4 Å². The molecule has 1 aromatic heterocycles. The number of aliphatic imine (C=N–C) groups is 1. The summed E-state index contributed by atoms with van der Waals surface area (Å²) in [6, 6.07) is 24.0. The Kier molecular flexibility index (Phi) is 13.1. The maximum Gasteiger partial charge on any atom is 0.408 e. The molecule has 1 saturated carbocycles. The number of alkyl carbamates (subject to hydrolysis) is 2. The summed E-state index contributed by atoms with van der Waals surface area (Å²) in [4.78, 5) is 69.9. The Balaban J connectivity index is 0.911. The number of aromatic nitrogens is 2. The zero-order chi connectivity index (χ0) is 44.2. The second-order valence-electron chi connectivity index (χ2n) is 17.5. The van der Waals surface area contributed by atoms with E-state index in [9.17, 15) is 19.2 Å². The van der Waals surface area contributed by atoms with E-state index >= 15 is 0 Å². The molecule has 14 nitrogen and oxygen atoms in total. The maximum atomic E-state index is 14.3. The average Bonchev–Trinajstić information content (AvgIpc) is 3.70. The summed E-state index contributed by atoms with van der Waals surface area (Å²) in [6.45, 7) is 6.86. The second kappa shape index (κ2) is 19.0. The number of rotatable bonds is 14. The molecule has 6 atom stereocenters. The summed E-state index contributed by atoms with van der Waals surface area (Å²) in [5.74, 6) is 0.330. The third-order valence-corrected chi connectivity index (χ3v) is 12.7. The molecule has 4 amide bonds. The molecule has 4 heterocycles. The normalized spacial score (nSPS) is 21.7. The SMILES string of the molecule is COC[C@H]1C[C@@H](c2ncc(-c3ccc(-c4ccc(C5=CN=C([C@@H]6CC[C@H](C)N6C(=O)[C@H](NC(=O)OC6CC6)c6ccccc6)C5)cc4)cc3)[nH]2)N(C(=O)[C@@H](NC(=O)OC)C(C)C)C1. The van der Waals surface area contributed by atoms with Gasteiger partial charge in [-0.25, -0.2) is 14.6 Å². The first-order valence-corrected chi connectivity index (χ1v) is 22.0. The molecule has 0 unspecified atom stereocenters. The predicted molar refractivity (Wildman–Crippen MR) is 239 cm³/mol. The van der Waals surface area contributed by atoms with Gasteiger partial charge in [0.15, 0.2) is 0 Å². The van der Waals surface area contributed by atoms with Gasteiger partial charge in [0.25, 0.3) is 5.91 Å². The summed E-state index contributed by atoms with van der Waals surface area (Å²) < 4.78 is 15.7. The number of carbonyl (C=O) groups is 4. The highest BCUT2D eigenvalue weighted by Crippen LogP contribution is 2.38. The Labute approximate surface area is 368 Å². The van der Waals surface area contributed by atoms with E-state index in [2.05, 4.69) is 71.1 Å². The Morgan fingerprint density at radius 2 is 1.49 bits per heavy atom. The van der Waals surface area contributed by atoms with Gasteiger partial charge < -0.3 is 39.6 Å². The number of aromatic amines is 1. The summed E-state index contributed by atoms with van der Waals surface area (Å²) in [6.07, 6.45) is 7.12. The van der Waals surface area contributed by atoms with E-state index in [0.717, 1.165) is 70.5 Å².